The molecule has 1 aliphatic rings. The molecule has 1 aliphatic carbocycles. The third-order valence-electron chi connectivity index (χ3n) is 3.58. The smallest absolute Gasteiger partial charge is 0.267 e. The van der Waals surface area contributed by atoms with Crippen LogP contribution in [0.1, 0.15) is 47.3 Å². The molecule has 0 bridgehead atoms. The van der Waals surface area contributed by atoms with Crippen LogP contribution in [0.15, 0.2) is 29.7 Å². The number of carbonyl (C=O) groups excluding carboxylic acids is 1. The van der Waals surface area contributed by atoms with E-state index < -0.39 is 0 Å². The van der Waals surface area contributed by atoms with Crippen LogP contribution in [0.25, 0.3) is 0 Å². The first kappa shape index (κ1) is 15.8. The summed E-state index contributed by atoms with van der Waals surface area (Å²) in [7, 11) is 2.14. The highest BCUT2D eigenvalue weighted by molar-refractivity contribution is 7.13. The molecule has 1 aromatic heterocycles. The van der Waals surface area contributed by atoms with Crippen molar-refractivity contribution in [2.75, 3.05) is 13.6 Å². The van der Waals surface area contributed by atoms with E-state index >= 15 is 0 Å². The zero-order valence-corrected chi connectivity index (χ0v) is 13.8. The van der Waals surface area contributed by atoms with Crippen LogP contribution in [0.5, 0.6) is 0 Å². The fourth-order valence-corrected chi connectivity index (χ4v) is 2.93. The number of nitrogens with one attached hydrogen (secondary N) is 1. The molecule has 0 aromatic carbocycles. The van der Waals surface area contributed by atoms with Gasteiger partial charge in [-0.15, -0.1) is 11.3 Å². The van der Waals surface area contributed by atoms with Crippen LogP contribution >= 0.6 is 11.3 Å². The van der Waals surface area contributed by atoms with Crippen molar-refractivity contribution in [2.45, 2.75) is 39.5 Å². The molecular formula is C16H23N3OS. The van der Waals surface area contributed by atoms with Gasteiger partial charge >= 0.3 is 0 Å². The van der Waals surface area contributed by atoms with E-state index in [1.165, 1.54) is 29.9 Å². The van der Waals surface area contributed by atoms with Gasteiger partial charge in [-0.05, 0) is 38.3 Å². The first-order valence-corrected chi connectivity index (χ1v) is 8.26. The SMILES string of the molecule is CCCCN(C)C1=CC=C(NC(=O)c2cnc(C)s2)CC1. The minimum atomic E-state index is -0.0527. The quantitative estimate of drug-likeness (QED) is 0.875. The van der Waals surface area contributed by atoms with Gasteiger partial charge in [0.2, 0.25) is 0 Å². The molecule has 0 unspecified atom stereocenters. The number of rotatable bonds is 6. The molecular weight excluding hydrogens is 282 g/mol. The van der Waals surface area contributed by atoms with Gasteiger partial charge in [-0.1, -0.05) is 13.3 Å². The predicted molar refractivity (Wildman–Crippen MR) is 87.3 cm³/mol. The summed E-state index contributed by atoms with van der Waals surface area (Å²) in [5.41, 5.74) is 2.33. The van der Waals surface area contributed by atoms with Crippen LogP contribution in [-0.4, -0.2) is 29.4 Å². The second kappa shape index (κ2) is 7.41. The minimum Gasteiger partial charge on any atom is -0.378 e. The first-order valence-electron chi connectivity index (χ1n) is 7.44. The predicted octanol–water partition coefficient (Wildman–Crippen LogP) is 3.47. The van der Waals surface area contributed by atoms with Crippen molar-refractivity contribution in [2.24, 2.45) is 0 Å². The summed E-state index contributed by atoms with van der Waals surface area (Å²) in [5, 5.41) is 3.89. The van der Waals surface area contributed by atoms with Crippen molar-refractivity contribution in [3.63, 3.8) is 0 Å². The molecule has 0 spiro atoms. The summed E-state index contributed by atoms with van der Waals surface area (Å²) in [6.45, 7) is 5.21. The van der Waals surface area contributed by atoms with Crippen molar-refractivity contribution in [3.05, 3.63) is 39.6 Å². The number of amides is 1. The Labute approximate surface area is 130 Å². The van der Waals surface area contributed by atoms with E-state index in [1.807, 2.05) is 13.0 Å². The summed E-state index contributed by atoms with van der Waals surface area (Å²) >= 11 is 1.42. The van der Waals surface area contributed by atoms with Crippen molar-refractivity contribution < 1.29 is 4.79 Å². The van der Waals surface area contributed by atoms with Gasteiger partial charge in [-0.2, -0.15) is 0 Å². The number of nitrogens with zero attached hydrogens (tertiary/aromatic N) is 2. The maximum atomic E-state index is 12.1. The molecule has 0 saturated heterocycles. The van der Waals surface area contributed by atoms with E-state index in [4.69, 9.17) is 0 Å². The number of allylic oxidation sites excluding steroid dienone is 4. The average molecular weight is 305 g/mol. The third-order valence-corrected chi connectivity index (χ3v) is 4.50. The Morgan fingerprint density at radius 3 is 2.81 bits per heavy atom. The largest absolute Gasteiger partial charge is 0.378 e. The first-order chi connectivity index (χ1) is 10.1. The van der Waals surface area contributed by atoms with Gasteiger partial charge in [-0.3, -0.25) is 4.79 Å². The van der Waals surface area contributed by atoms with Crippen LogP contribution in [-0.2, 0) is 0 Å². The molecule has 2 rings (SSSR count). The lowest BCUT2D eigenvalue weighted by Gasteiger charge is -2.25. The number of hydrogen-bond acceptors (Lipinski definition) is 4. The maximum absolute atomic E-state index is 12.1. The molecule has 4 nitrogen and oxygen atoms in total. The molecule has 0 atom stereocenters. The molecule has 1 amide bonds. The zero-order chi connectivity index (χ0) is 15.2. The van der Waals surface area contributed by atoms with E-state index in [9.17, 15) is 4.79 Å². The molecule has 114 valence electrons. The van der Waals surface area contributed by atoms with Gasteiger partial charge in [-0.25, -0.2) is 4.98 Å². The molecule has 1 heterocycles. The van der Waals surface area contributed by atoms with Crippen LogP contribution < -0.4 is 5.32 Å². The molecule has 0 fully saturated rings. The minimum absolute atomic E-state index is 0.0527. The molecule has 1 N–H and O–H groups in total. The summed E-state index contributed by atoms with van der Waals surface area (Å²) in [6.07, 6.45) is 10.1. The normalized spacial score (nSPS) is 14.4. The van der Waals surface area contributed by atoms with Crippen LogP contribution in [0.3, 0.4) is 0 Å². The van der Waals surface area contributed by atoms with E-state index in [0.717, 1.165) is 30.1 Å². The maximum Gasteiger partial charge on any atom is 0.267 e. The van der Waals surface area contributed by atoms with E-state index in [1.54, 1.807) is 6.20 Å². The summed E-state index contributed by atoms with van der Waals surface area (Å²) in [4.78, 5) is 19.2. The Balaban J connectivity index is 1.92. The van der Waals surface area contributed by atoms with Crippen molar-refractivity contribution >= 4 is 17.2 Å². The Bertz CT molecular complexity index is 560. The van der Waals surface area contributed by atoms with E-state index in [0.29, 0.717) is 4.88 Å². The number of thiazole rings is 1. The fourth-order valence-electron chi connectivity index (χ4n) is 2.26. The lowest BCUT2D eigenvalue weighted by molar-refractivity contribution is 0.0968. The Morgan fingerprint density at radius 2 is 2.24 bits per heavy atom. The molecule has 0 aliphatic heterocycles. The second-order valence-corrected chi connectivity index (χ2v) is 6.56. The molecule has 1 aromatic rings. The molecule has 5 heteroatoms. The third kappa shape index (κ3) is 4.43. The van der Waals surface area contributed by atoms with Crippen molar-refractivity contribution in [1.29, 1.82) is 0 Å². The monoisotopic (exact) mass is 305 g/mol. The van der Waals surface area contributed by atoms with Gasteiger partial charge in [0.15, 0.2) is 0 Å². The Kier molecular flexibility index (Phi) is 5.56. The zero-order valence-electron chi connectivity index (χ0n) is 13.0. The highest BCUT2D eigenvalue weighted by Gasteiger charge is 2.14. The summed E-state index contributed by atoms with van der Waals surface area (Å²) < 4.78 is 0. The van der Waals surface area contributed by atoms with Gasteiger partial charge in [0.1, 0.15) is 4.88 Å². The number of aromatic nitrogens is 1. The van der Waals surface area contributed by atoms with Gasteiger partial charge < -0.3 is 10.2 Å². The average Bonchev–Trinajstić information content (AvgIpc) is 2.92. The Morgan fingerprint density at radius 1 is 1.43 bits per heavy atom. The lowest BCUT2D eigenvalue weighted by atomic mass is 10.1. The van der Waals surface area contributed by atoms with Crippen LogP contribution in [0.2, 0.25) is 0 Å². The van der Waals surface area contributed by atoms with E-state index in [2.05, 4.69) is 35.2 Å². The van der Waals surface area contributed by atoms with Gasteiger partial charge in [0.05, 0.1) is 11.2 Å². The molecule has 0 saturated carbocycles. The van der Waals surface area contributed by atoms with Gasteiger partial charge in [0, 0.05) is 25.0 Å². The fraction of sp³-hybridized carbons (Fsp3) is 0.500. The highest BCUT2D eigenvalue weighted by atomic mass is 32.1. The van der Waals surface area contributed by atoms with E-state index in [-0.39, 0.29) is 5.91 Å². The summed E-state index contributed by atoms with van der Waals surface area (Å²) in [6, 6.07) is 0. The number of aryl methyl sites for hydroxylation is 1. The molecule has 0 radical (unpaired) electrons. The standard InChI is InChI=1S/C16H23N3OS/c1-4-5-10-19(3)14-8-6-13(7-9-14)18-16(20)15-11-17-12(2)21-15/h6,8,11H,4-5,7,9-10H2,1-3H3,(H,18,20). The van der Waals surface area contributed by atoms with Crippen LogP contribution in [0, 0.1) is 6.92 Å². The molecule has 21 heavy (non-hydrogen) atoms. The lowest BCUT2D eigenvalue weighted by Crippen LogP contribution is -2.25. The number of carbonyl (C=O) groups is 1. The van der Waals surface area contributed by atoms with Crippen molar-refractivity contribution in [3.8, 4) is 0 Å². The van der Waals surface area contributed by atoms with Gasteiger partial charge in [0.25, 0.3) is 5.91 Å². The number of hydrogen-bond donors (Lipinski definition) is 1. The van der Waals surface area contributed by atoms with Crippen molar-refractivity contribution in [1.82, 2.24) is 15.2 Å². The Hall–Kier alpha value is -1.62. The second-order valence-electron chi connectivity index (χ2n) is 5.32. The number of unbranched alkanes of at least 4 members (excludes halogenated alkanes) is 1. The topological polar surface area (TPSA) is 45.2 Å². The highest BCUT2D eigenvalue weighted by Crippen LogP contribution is 2.20. The summed E-state index contributed by atoms with van der Waals surface area (Å²) in [5.74, 6) is -0.0527. The van der Waals surface area contributed by atoms with Crippen LogP contribution in [0.4, 0.5) is 0 Å².